The molecule has 1 aliphatic heterocycles. The second-order valence-electron chi connectivity index (χ2n) is 5.13. The van der Waals surface area contributed by atoms with E-state index in [0.29, 0.717) is 0 Å². The minimum atomic E-state index is 0.717. The smallest absolute Gasteiger partial charge is 0.125 e. The first-order valence-electron chi connectivity index (χ1n) is 6.58. The van der Waals surface area contributed by atoms with Gasteiger partial charge in [-0.15, -0.1) is 0 Å². The average molecular weight is 232 g/mol. The monoisotopic (exact) mass is 232 g/mol. The number of hydrogen-bond donors (Lipinski definition) is 1. The molecule has 0 bridgehead atoms. The normalized spacial score (nSPS) is 21.7. The number of rotatable bonds is 3. The van der Waals surface area contributed by atoms with E-state index in [-0.39, 0.29) is 0 Å². The van der Waals surface area contributed by atoms with E-state index in [1.807, 2.05) is 13.1 Å². The SMILES string of the molecule is Cc1ncc(CN2CCNCC2)c(C2CC2)n1. The van der Waals surface area contributed by atoms with E-state index in [2.05, 4.69) is 20.2 Å². The third-order valence-corrected chi connectivity index (χ3v) is 3.59. The zero-order valence-corrected chi connectivity index (χ0v) is 10.4. The van der Waals surface area contributed by atoms with Crippen molar-refractivity contribution in [3.05, 3.63) is 23.3 Å². The van der Waals surface area contributed by atoms with Gasteiger partial charge in [0.05, 0.1) is 5.69 Å². The first-order chi connectivity index (χ1) is 8.33. The van der Waals surface area contributed by atoms with Crippen LogP contribution in [0.4, 0.5) is 0 Å². The lowest BCUT2D eigenvalue weighted by Crippen LogP contribution is -2.43. The van der Waals surface area contributed by atoms with Gasteiger partial charge in [-0.2, -0.15) is 0 Å². The van der Waals surface area contributed by atoms with Crippen molar-refractivity contribution in [1.29, 1.82) is 0 Å². The van der Waals surface area contributed by atoms with E-state index in [1.165, 1.54) is 24.1 Å². The molecule has 1 saturated heterocycles. The van der Waals surface area contributed by atoms with Crippen molar-refractivity contribution < 1.29 is 0 Å². The summed E-state index contributed by atoms with van der Waals surface area (Å²) >= 11 is 0. The number of nitrogens with one attached hydrogen (secondary N) is 1. The van der Waals surface area contributed by atoms with Crippen LogP contribution in [0.25, 0.3) is 0 Å². The highest BCUT2D eigenvalue weighted by atomic mass is 15.2. The van der Waals surface area contributed by atoms with Crippen LogP contribution in [0.15, 0.2) is 6.20 Å². The Morgan fingerprint density at radius 3 is 2.82 bits per heavy atom. The number of nitrogens with zero attached hydrogens (tertiary/aromatic N) is 3. The molecule has 92 valence electrons. The number of aromatic nitrogens is 2. The van der Waals surface area contributed by atoms with Crippen LogP contribution in [0.5, 0.6) is 0 Å². The molecule has 2 heterocycles. The highest BCUT2D eigenvalue weighted by Crippen LogP contribution is 2.40. The standard InChI is InChI=1S/C13H20N4/c1-10-15-8-12(13(16-10)11-2-3-11)9-17-6-4-14-5-7-17/h8,11,14H,2-7,9H2,1H3. The molecule has 1 aromatic heterocycles. The summed E-state index contributed by atoms with van der Waals surface area (Å²) in [6.07, 6.45) is 4.66. The molecule has 1 saturated carbocycles. The fourth-order valence-electron chi connectivity index (χ4n) is 2.45. The third-order valence-electron chi connectivity index (χ3n) is 3.59. The van der Waals surface area contributed by atoms with Crippen LogP contribution >= 0.6 is 0 Å². The van der Waals surface area contributed by atoms with Gasteiger partial charge in [-0.25, -0.2) is 9.97 Å². The third kappa shape index (κ3) is 2.64. The Morgan fingerprint density at radius 2 is 2.12 bits per heavy atom. The summed E-state index contributed by atoms with van der Waals surface area (Å²) in [6, 6.07) is 0. The molecule has 0 radical (unpaired) electrons. The van der Waals surface area contributed by atoms with Crippen molar-refractivity contribution in [2.24, 2.45) is 0 Å². The molecule has 0 unspecified atom stereocenters. The second kappa shape index (κ2) is 4.70. The molecule has 2 fully saturated rings. The van der Waals surface area contributed by atoms with E-state index in [9.17, 15) is 0 Å². The van der Waals surface area contributed by atoms with Crippen LogP contribution in [0.2, 0.25) is 0 Å². The second-order valence-corrected chi connectivity index (χ2v) is 5.13. The highest BCUT2D eigenvalue weighted by Gasteiger charge is 2.28. The average Bonchev–Trinajstić information content (AvgIpc) is 3.17. The molecule has 0 amide bonds. The largest absolute Gasteiger partial charge is 0.314 e. The van der Waals surface area contributed by atoms with Gasteiger partial charge in [-0.1, -0.05) is 0 Å². The molecule has 0 spiro atoms. The van der Waals surface area contributed by atoms with Gasteiger partial charge in [0.2, 0.25) is 0 Å². The fraction of sp³-hybridized carbons (Fsp3) is 0.692. The van der Waals surface area contributed by atoms with Crippen molar-refractivity contribution in [3.63, 3.8) is 0 Å². The quantitative estimate of drug-likeness (QED) is 0.846. The molecule has 4 nitrogen and oxygen atoms in total. The van der Waals surface area contributed by atoms with E-state index < -0.39 is 0 Å². The lowest BCUT2D eigenvalue weighted by molar-refractivity contribution is 0.232. The summed E-state index contributed by atoms with van der Waals surface area (Å²) in [5.74, 6) is 1.63. The molecule has 1 aliphatic carbocycles. The molecule has 4 heteroatoms. The van der Waals surface area contributed by atoms with Gasteiger partial charge in [0.15, 0.2) is 0 Å². The van der Waals surface area contributed by atoms with Gasteiger partial charge in [-0.3, -0.25) is 4.90 Å². The van der Waals surface area contributed by atoms with Crippen molar-refractivity contribution in [2.75, 3.05) is 26.2 Å². The van der Waals surface area contributed by atoms with Crippen LogP contribution in [0, 0.1) is 6.92 Å². The van der Waals surface area contributed by atoms with Crippen molar-refractivity contribution >= 4 is 0 Å². The molecule has 1 N–H and O–H groups in total. The molecular weight excluding hydrogens is 212 g/mol. The van der Waals surface area contributed by atoms with Crippen LogP contribution < -0.4 is 5.32 Å². The molecule has 0 atom stereocenters. The minimum absolute atomic E-state index is 0.717. The zero-order valence-electron chi connectivity index (χ0n) is 10.4. The van der Waals surface area contributed by atoms with E-state index in [4.69, 9.17) is 0 Å². The van der Waals surface area contributed by atoms with Crippen LogP contribution in [-0.2, 0) is 6.54 Å². The minimum Gasteiger partial charge on any atom is -0.314 e. The maximum atomic E-state index is 4.65. The predicted octanol–water partition coefficient (Wildman–Crippen LogP) is 1.07. The fourth-order valence-corrected chi connectivity index (χ4v) is 2.45. The summed E-state index contributed by atoms with van der Waals surface area (Å²) in [4.78, 5) is 11.5. The van der Waals surface area contributed by atoms with Crippen LogP contribution in [-0.4, -0.2) is 41.0 Å². The van der Waals surface area contributed by atoms with Crippen molar-refractivity contribution in [1.82, 2.24) is 20.2 Å². The Balaban J connectivity index is 1.76. The van der Waals surface area contributed by atoms with E-state index >= 15 is 0 Å². The first-order valence-corrected chi connectivity index (χ1v) is 6.58. The summed E-state index contributed by atoms with van der Waals surface area (Å²) in [5.41, 5.74) is 2.66. The number of aryl methyl sites for hydroxylation is 1. The first kappa shape index (κ1) is 11.1. The maximum Gasteiger partial charge on any atom is 0.125 e. The van der Waals surface area contributed by atoms with Gasteiger partial charge in [0, 0.05) is 50.4 Å². The molecule has 17 heavy (non-hydrogen) atoms. The summed E-state index contributed by atoms with van der Waals surface area (Å²) in [6.45, 7) is 7.49. The Kier molecular flexibility index (Phi) is 3.07. The molecule has 1 aromatic rings. The summed E-state index contributed by atoms with van der Waals surface area (Å²) in [7, 11) is 0. The number of hydrogen-bond acceptors (Lipinski definition) is 4. The van der Waals surface area contributed by atoms with E-state index in [0.717, 1.165) is 44.5 Å². The van der Waals surface area contributed by atoms with Gasteiger partial charge >= 0.3 is 0 Å². The molecule has 2 aliphatic rings. The molecule has 3 rings (SSSR count). The number of piperazine rings is 1. The van der Waals surface area contributed by atoms with Crippen LogP contribution in [0.1, 0.15) is 35.8 Å². The Bertz CT molecular complexity index is 394. The Morgan fingerprint density at radius 1 is 1.35 bits per heavy atom. The van der Waals surface area contributed by atoms with Gasteiger partial charge in [0.1, 0.15) is 5.82 Å². The molecular formula is C13H20N4. The summed E-state index contributed by atoms with van der Waals surface area (Å²) in [5, 5.41) is 3.39. The van der Waals surface area contributed by atoms with Gasteiger partial charge in [0.25, 0.3) is 0 Å². The van der Waals surface area contributed by atoms with Crippen LogP contribution in [0.3, 0.4) is 0 Å². The maximum absolute atomic E-state index is 4.65. The highest BCUT2D eigenvalue weighted by molar-refractivity contribution is 5.25. The predicted molar refractivity (Wildman–Crippen MR) is 66.9 cm³/mol. The van der Waals surface area contributed by atoms with Gasteiger partial charge in [-0.05, 0) is 19.8 Å². The summed E-state index contributed by atoms with van der Waals surface area (Å²) < 4.78 is 0. The lowest BCUT2D eigenvalue weighted by Gasteiger charge is -2.27. The topological polar surface area (TPSA) is 41.1 Å². The Hall–Kier alpha value is -1.00. The lowest BCUT2D eigenvalue weighted by atomic mass is 10.1. The van der Waals surface area contributed by atoms with E-state index in [1.54, 1.807) is 0 Å². The zero-order chi connectivity index (χ0) is 11.7. The molecule has 0 aromatic carbocycles. The van der Waals surface area contributed by atoms with Crippen molar-refractivity contribution in [2.45, 2.75) is 32.2 Å². The Labute approximate surface area is 102 Å². The van der Waals surface area contributed by atoms with Crippen molar-refractivity contribution in [3.8, 4) is 0 Å². The van der Waals surface area contributed by atoms with Gasteiger partial charge < -0.3 is 5.32 Å².